The van der Waals surface area contributed by atoms with Gasteiger partial charge in [0.05, 0.1) is 19.3 Å². The third kappa shape index (κ3) is 3.58. The second-order valence-corrected chi connectivity index (χ2v) is 6.20. The number of nitrogens with two attached hydrogens (primary N) is 1. The molecule has 2 fully saturated rings. The van der Waals surface area contributed by atoms with Crippen molar-refractivity contribution in [1.29, 1.82) is 0 Å². The zero-order valence-electron chi connectivity index (χ0n) is 12.0. The number of amides is 1. The zero-order valence-corrected chi connectivity index (χ0v) is 12.0. The number of carbonyl (C=O) groups is 1. The Morgan fingerprint density at radius 2 is 2.26 bits per heavy atom. The van der Waals surface area contributed by atoms with Crippen molar-refractivity contribution in [1.82, 2.24) is 4.90 Å². The van der Waals surface area contributed by atoms with Crippen LogP contribution in [0.15, 0.2) is 0 Å². The lowest BCUT2D eigenvalue weighted by Crippen LogP contribution is -2.52. The van der Waals surface area contributed by atoms with E-state index in [9.17, 15) is 4.79 Å². The van der Waals surface area contributed by atoms with Gasteiger partial charge in [0.2, 0.25) is 0 Å². The Balaban J connectivity index is 1.96. The Kier molecular flexibility index (Phi) is 4.03. The average Bonchev–Trinajstić information content (AvgIpc) is 2.70. The summed E-state index contributed by atoms with van der Waals surface area (Å²) < 4.78 is 17.0. The van der Waals surface area contributed by atoms with Gasteiger partial charge in [-0.25, -0.2) is 4.79 Å². The van der Waals surface area contributed by atoms with E-state index < -0.39 is 11.4 Å². The molecule has 0 aromatic carbocycles. The molecule has 1 spiro atoms. The minimum absolute atomic E-state index is 0.0708. The SMILES string of the molecule is CC(C)(C)OC(=O)N1CCCC2(C1)OCC(CN)O2. The van der Waals surface area contributed by atoms with Crippen LogP contribution in [0.4, 0.5) is 4.79 Å². The van der Waals surface area contributed by atoms with E-state index in [0.717, 1.165) is 12.8 Å². The first-order valence-corrected chi connectivity index (χ1v) is 6.83. The fraction of sp³-hybridized carbons (Fsp3) is 0.923. The van der Waals surface area contributed by atoms with Crippen LogP contribution in [0.3, 0.4) is 0 Å². The topological polar surface area (TPSA) is 74.0 Å². The standard InChI is InChI=1S/C13H24N2O4/c1-12(2,3)19-11(16)15-6-4-5-13(9-15)17-8-10(7-14)18-13/h10H,4-9,14H2,1-3H3. The number of hydrogen-bond donors (Lipinski definition) is 1. The summed E-state index contributed by atoms with van der Waals surface area (Å²) >= 11 is 0. The molecule has 0 saturated carbocycles. The molecule has 0 aromatic heterocycles. The summed E-state index contributed by atoms with van der Waals surface area (Å²) in [6.45, 7) is 7.61. The van der Waals surface area contributed by atoms with Crippen molar-refractivity contribution >= 4 is 6.09 Å². The van der Waals surface area contributed by atoms with Crippen molar-refractivity contribution in [2.24, 2.45) is 5.73 Å². The summed E-state index contributed by atoms with van der Waals surface area (Å²) in [5.41, 5.74) is 5.10. The summed E-state index contributed by atoms with van der Waals surface area (Å²) in [5, 5.41) is 0. The van der Waals surface area contributed by atoms with Crippen LogP contribution in [-0.2, 0) is 14.2 Å². The first-order chi connectivity index (χ1) is 8.84. The van der Waals surface area contributed by atoms with Crippen LogP contribution in [0.5, 0.6) is 0 Å². The van der Waals surface area contributed by atoms with Gasteiger partial charge in [0.25, 0.3) is 0 Å². The molecule has 2 aliphatic heterocycles. The maximum absolute atomic E-state index is 12.1. The number of carbonyl (C=O) groups excluding carboxylic acids is 1. The van der Waals surface area contributed by atoms with Gasteiger partial charge >= 0.3 is 6.09 Å². The number of rotatable bonds is 1. The lowest BCUT2D eigenvalue weighted by atomic mass is 10.1. The molecular weight excluding hydrogens is 248 g/mol. The monoisotopic (exact) mass is 272 g/mol. The maximum atomic E-state index is 12.1. The molecule has 0 aliphatic carbocycles. The van der Waals surface area contributed by atoms with Crippen LogP contribution in [0.1, 0.15) is 33.6 Å². The van der Waals surface area contributed by atoms with Crippen LogP contribution < -0.4 is 5.73 Å². The molecule has 19 heavy (non-hydrogen) atoms. The van der Waals surface area contributed by atoms with E-state index in [0.29, 0.717) is 26.2 Å². The summed E-state index contributed by atoms with van der Waals surface area (Å²) in [5.74, 6) is -0.681. The highest BCUT2D eigenvalue weighted by atomic mass is 16.7. The fourth-order valence-electron chi connectivity index (χ4n) is 2.42. The van der Waals surface area contributed by atoms with Gasteiger partial charge in [-0.3, -0.25) is 0 Å². The molecule has 6 heteroatoms. The third-order valence-electron chi connectivity index (χ3n) is 3.25. The smallest absolute Gasteiger partial charge is 0.410 e. The quantitative estimate of drug-likeness (QED) is 0.773. The van der Waals surface area contributed by atoms with Crippen LogP contribution in [0, 0.1) is 0 Å². The zero-order chi connectivity index (χ0) is 14.1. The van der Waals surface area contributed by atoms with Crippen molar-refractivity contribution in [3.63, 3.8) is 0 Å². The lowest BCUT2D eigenvalue weighted by molar-refractivity contribution is -0.195. The molecule has 2 atom stereocenters. The van der Waals surface area contributed by atoms with E-state index in [2.05, 4.69) is 0 Å². The minimum Gasteiger partial charge on any atom is -0.444 e. The molecule has 6 nitrogen and oxygen atoms in total. The molecule has 0 radical (unpaired) electrons. The van der Waals surface area contributed by atoms with Crippen LogP contribution in [0.2, 0.25) is 0 Å². The van der Waals surface area contributed by atoms with Crippen molar-refractivity contribution < 1.29 is 19.0 Å². The highest BCUT2D eigenvalue weighted by molar-refractivity contribution is 5.68. The summed E-state index contributed by atoms with van der Waals surface area (Å²) in [7, 11) is 0. The second-order valence-electron chi connectivity index (χ2n) is 6.20. The predicted molar refractivity (Wildman–Crippen MR) is 69.7 cm³/mol. The van der Waals surface area contributed by atoms with E-state index in [4.69, 9.17) is 19.9 Å². The van der Waals surface area contributed by atoms with Crippen LogP contribution >= 0.6 is 0 Å². The number of nitrogens with zero attached hydrogens (tertiary/aromatic N) is 1. The van der Waals surface area contributed by atoms with Gasteiger partial charge in [-0.1, -0.05) is 0 Å². The molecule has 2 unspecified atom stereocenters. The van der Waals surface area contributed by atoms with Crippen molar-refractivity contribution in [3.05, 3.63) is 0 Å². The Hall–Kier alpha value is -0.850. The van der Waals surface area contributed by atoms with E-state index in [1.54, 1.807) is 4.90 Å². The first kappa shape index (κ1) is 14.6. The van der Waals surface area contributed by atoms with Crippen LogP contribution in [-0.4, -0.2) is 54.7 Å². The second kappa shape index (κ2) is 5.26. The normalized spacial score (nSPS) is 31.8. The van der Waals surface area contributed by atoms with Gasteiger partial charge in [0, 0.05) is 19.5 Å². The van der Waals surface area contributed by atoms with Crippen molar-refractivity contribution in [2.45, 2.75) is 51.1 Å². The predicted octanol–water partition coefficient (Wildman–Crippen LogP) is 1.09. The number of ether oxygens (including phenoxy) is 3. The Bertz CT molecular complexity index is 342. The average molecular weight is 272 g/mol. The van der Waals surface area contributed by atoms with Gasteiger partial charge in [-0.2, -0.15) is 0 Å². The first-order valence-electron chi connectivity index (χ1n) is 6.83. The van der Waals surface area contributed by atoms with E-state index in [1.807, 2.05) is 20.8 Å². The van der Waals surface area contributed by atoms with Gasteiger partial charge in [-0.15, -0.1) is 0 Å². The van der Waals surface area contributed by atoms with Crippen molar-refractivity contribution in [3.8, 4) is 0 Å². The molecule has 2 aliphatic rings. The Morgan fingerprint density at radius 1 is 1.53 bits per heavy atom. The van der Waals surface area contributed by atoms with Crippen LogP contribution in [0.25, 0.3) is 0 Å². The molecule has 110 valence electrons. The highest BCUT2D eigenvalue weighted by Crippen LogP contribution is 2.33. The van der Waals surface area contributed by atoms with Gasteiger partial charge in [-0.05, 0) is 27.2 Å². The lowest BCUT2D eigenvalue weighted by Gasteiger charge is -2.39. The molecule has 2 saturated heterocycles. The van der Waals surface area contributed by atoms with Crippen molar-refractivity contribution in [2.75, 3.05) is 26.2 Å². The van der Waals surface area contributed by atoms with E-state index in [-0.39, 0.29) is 12.2 Å². The molecule has 0 aromatic rings. The summed E-state index contributed by atoms with van der Waals surface area (Å²) in [6.07, 6.45) is 1.26. The largest absolute Gasteiger partial charge is 0.444 e. The molecule has 2 N–H and O–H groups in total. The number of hydrogen-bond acceptors (Lipinski definition) is 5. The van der Waals surface area contributed by atoms with Gasteiger partial charge in [0.1, 0.15) is 5.60 Å². The molecule has 2 rings (SSSR count). The summed E-state index contributed by atoms with van der Waals surface area (Å²) in [4.78, 5) is 13.7. The molecule has 2 heterocycles. The summed E-state index contributed by atoms with van der Waals surface area (Å²) in [6, 6.07) is 0. The van der Waals surface area contributed by atoms with E-state index >= 15 is 0 Å². The maximum Gasteiger partial charge on any atom is 0.410 e. The molecule has 1 amide bonds. The Labute approximate surface area is 114 Å². The minimum atomic E-state index is -0.681. The number of likely N-dealkylation sites (tertiary alicyclic amines) is 1. The number of piperidine rings is 1. The van der Waals surface area contributed by atoms with Gasteiger partial charge in [0.15, 0.2) is 5.79 Å². The highest BCUT2D eigenvalue weighted by Gasteiger charge is 2.46. The van der Waals surface area contributed by atoms with E-state index in [1.165, 1.54) is 0 Å². The third-order valence-corrected chi connectivity index (χ3v) is 3.25. The molecule has 0 bridgehead atoms. The Morgan fingerprint density at radius 3 is 2.84 bits per heavy atom. The molecular formula is C13H24N2O4. The van der Waals surface area contributed by atoms with Gasteiger partial charge < -0.3 is 24.8 Å². The fourth-order valence-corrected chi connectivity index (χ4v) is 2.42.